The van der Waals surface area contributed by atoms with Gasteiger partial charge in [-0.15, -0.1) is 0 Å². The average molecular weight is 1330 g/mol. The Balaban J connectivity index is 1.27. The number of aromatic nitrogens is 3. The third-order valence-corrected chi connectivity index (χ3v) is 19.3. The minimum absolute atomic E-state index is 0.0357. The Bertz CT molecular complexity index is 5280. The van der Waals surface area contributed by atoms with E-state index in [1.54, 1.807) is 60.7 Å². The van der Waals surface area contributed by atoms with E-state index in [2.05, 4.69) is 0 Å². The number of ether oxygens (including phenoxy) is 3. The molecule has 33 heteroatoms. The molecule has 9 aromatic carbocycles. The summed E-state index contributed by atoms with van der Waals surface area (Å²) in [5.74, 6) is -2.40. The molecule has 3 aliphatic heterocycles. The van der Waals surface area contributed by atoms with Crippen LogP contribution >= 0.6 is 0 Å². The molecule has 90 heavy (non-hydrogen) atoms. The largest absolute Gasteiger partial charge is 0.453 e. The van der Waals surface area contributed by atoms with Crippen LogP contribution in [0.15, 0.2) is 211 Å². The van der Waals surface area contributed by atoms with Gasteiger partial charge in [0.25, 0.3) is 60.7 Å². The second kappa shape index (κ2) is 20.9. The van der Waals surface area contributed by atoms with E-state index in [4.69, 9.17) is 29.2 Å². The Labute approximate surface area is 510 Å². The zero-order valence-corrected chi connectivity index (χ0v) is 49.7. The molecule has 4 heterocycles. The topological polar surface area (TPSA) is 402 Å². The molecule has 13 rings (SSSR count). The van der Waals surface area contributed by atoms with Crippen molar-refractivity contribution in [3.05, 3.63) is 182 Å². The predicted molar refractivity (Wildman–Crippen MR) is 319 cm³/mol. The van der Waals surface area contributed by atoms with Crippen LogP contribution in [0.4, 0.5) is 51.2 Å². The molecule has 0 unspecified atom stereocenters. The maximum atomic E-state index is 13.3. The van der Waals surface area contributed by atoms with Crippen LogP contribution in [-0.4, -0.2) is 92.8 Å². The van der Waals surface area contributed by atoms with Crippen LogP contribution in [0.3, 0.4) is 0 Å². The monoisotopic (exact) mass is 1330 g/mol. The number of rotatable bonds is 12. The fourth-order valence-electron chi connectivity index (χ4n) is 10.3. The molecule has 456 valence electrons. The standard InChI is InChI=1S/C57H36N6O21S6/c64-85(65,66)34-16-22-48-45(25-34)62(42-19-13-35(86(67,68)69)26-49(42)82-48)47-24-33(57-59-55(31-7-3-1-4-8-31)58-56(60-57)32-9-5-2-6-10-32)23-46(61-40-17-11-36(87(70,71)72)27-50(40)83-51-28-37(88(73,74)75)12-18-41(51)61)54(47)63-43-20-14-38(89(76,77)78)29-52(43)84-53-30-39(90(79,80)81)15-21-44(53)63/h1-30H,(H,64,65,66)(H,67,68,69)(H,70,71,72)(H,73,74,75)(H,76,77,78)(H,79,80,81). The van der Waals surface area contributed by atoms with Gasteiger partial charge in [-0.25, -0.2) is 15.0 Å². The quantitative estimate of drug-likeness (QED) is 0.0619. The summed E-state index contributed by atoms with van der Waals surface area (Å²) >= 11 is 0. The summed E-state index contributed by atoms with van der Waals surface area (Å²) < 4.78 is 238. The first-order chi connectivity index (χ1) is 42.4. The number of benzene rings is 9. The van der Waals surface area contributed by atoms with Gasteiger partial charge in [0.2, 0.25) is 0 Å². The van der Waals surface area contributed by atoms with Crippen molar-refractivity contribution >= 4 is 112 Å². The highest BCUT2D eigenvalue weighted by Crippen LogP contribution is 2.64. The van der Waals surface area contributed by atoms with Crippen LogP contribution < -0.4 is 28.9 Å². The Morgan fingerprint density at radius 3 is 0.844 bits per heavy atom. The van der Waals surface area contributed by atoms with Crippen LogP contribution in [0.25, 0.3) is 34.2 Å². The summed E-state index contributed by atoms with van der Waals surface area (Å²) in [6.07, 6.45) is 0. The third kappa shape index (κ3) is 10.8. The maximum absolute atomic E-state index is 13.3. The molecule has 0 saturated heterocycles. The van der Waals surface area contributed by atoms with E-state index in [0.29, 0.717) is 11.1 Å². The van der Waals surface area contributed by atoms with Crippen LogP contribution in [-0.2, 0) is 60.7 Å². The van der Waals surface area contributed by atoms with Crippen molar-refractivity contribution in [2.75, 3.05) is 14.7 Å². The first-order valence-electron chi connectivity index (χ1n) is 25.6. The van der Waals surface area contributed by atoms with E-state index in [-0.39, 0.29) is 85.7 Å². The first-order valence-corrected chi connectivity index (χ1v) is 34.2. The second-order valence-electron chi connectivity index (χ2n) is 19.8. The summed E-state index contributed by atoms with van der Waals surface area (Å²) in [6.45, 7) is 0. The molecule has 3 aliphatic rings. The van der Waals surface area contributed by atoms with E-state index in [1.807, 2.05) is 0 Å². The Kier molecular flexibility index (Phi) is 13.8. The molecule has 0 aliphatic carbocycles. The fourth-order valence-corrected chi connectivity index (χ4v) is 13.3. The number of anilines is 9. The zero-order valence-electron chi connectivity index (χ0n) is 44.8. The van der Waals surface area contributed by atoms with Gasteiger partial charge < -0.3 is 24.0 Å². The number of nitrogens with zero attached hydrogens (tertiary/aromatic N) is 6. The minimum Gasteiger partial charge on any atom is -0.453 e. The van der Waals surface area contributed by atoms with Gasteiger partial charge in [0.05, 0.1) is 80.6 Å². The van der Waals surface area contributed by atoms with Gasteiger partial charge in [0.1, 0.15) is 0 Å². The molecule has 0 radical (unpaired) electrons. The van der Waals surface area contributed by atoms with Gasteiger partial charge in [-0.3, -0.25) is 32.2 Å². The van der Waals surface area contributed by atoms with Gasteiger partial charge >= 0.3 is 0 Å². The molecule has 0 amide bonds. The fraction of sp³-hybridized carbons (Fsp3) is 0. The van der Waals surface area contributed by atoms with E-state index < -0.39 is 113 Å². The minimum atomic E-state index is -5.15. The summed E-state index contributed by atoms with van der Waals surface area (Å²) in [7, 11) is -30.6. The molecule has 0 atom stereocenters. The Hall–Kier alpha value is -9.75. The number of fused-ring (bicyclic) bond motifs is 6. The summed E-state index contributed by atoms with van der Waals surface area (Å²) in [4.78, 5) is 14.3. The molecule has 1 aromatic heterocycles. The lowest BCUT2D eigenvalue weighted by Crippen LogP contribution is -2.25. The average Bonchev–Trinajstić information content (AvgIpc) is 0.751. The maximum Gasteiger partial charge on any atom is 0.294 e. The predicted octanol–water partition coefficient (Wildman–Crippen LogP) is 11.1. The van der Waals surface area contributed by atoms with E-state index in [0.717, 1.165) is 97.1 Å². The lowest BCUT2D eigenvalue weighted by molar-refractivity contribution is 0.463. The molecule has 10 aromatic rings. The highest BCUT2D eigenvalue weighted by atomic mass is 32.2. The van der Waals surface area contributed by atoms with Gasteiger partial charge in [-0.05, 0) is 91.0 Å². The van der Waals surface area contributed by atoms with Gasteiger partial charge in [0, 0.05) is 47.0 Å². The second-order valence-corrected chi connectivity index (χ2v) is 28.4. The molecule has 0 saturated carbocycles. The van der Waals surface area contributed by atoms with E-state index in [1.165, 1.54) is 39.0 Å². The number of hydrogen-bond donors (Lipinski definition) is 6. The Morgan fingerprint density at radius 1 is 0.256 bits per heavy atom. The van der Waals surface area contributed by atoms with Crippen molar-refractivity contribution in [3.63, 3.8) is 0 Å². The van der Waals surface area contributed by atoms with Crippen molar-refractivity contribution < 1.29 is 92.0 Å². The lowest BCUT2D eigenvalue weighted by Gasteiger charge is -2.42. The van der Waals surface area contributed by atoms with Crippen molar-refractivity contribution in [1.82, 2.24) is 15.0 Å². The summed E-state index contributed by atoms with van der Waals surface area (Å²) in [5.41, 5.74) is -0.947. The van der Waals surface area contributed by atoms with Crippen molar-refractivity contribution in [1.29, 1.82) is 0 Å². The van der Waals surface area contributed by atoms with Crippen molar-refractivity contribution in [2.24, 2.45) is 0 Å². The van der Waals surface area contributed by atoms with Crippen molar-refractivity contribution in [2.45, 2.75) is 29.4 Å². The van der Waals surface area contributed by atoms with Crippen LogP contribution in [0.2, 0.25) is 0 Å². The molecule has 0 fully saturated rings. The van der Waals surface area contributed by atoms with Crippen LogP contribution in [0, 0.1) is 0 Å². The molecule has 0 bridgehead atoms. The molecule has 27 nitrogen and oxygen atoms in total. The normalized spacial score (nSPS) is 13.7. The van der Waals surface area contributed by atoms with Crippen molar-refractivity contribution in [3.8, 4) is 68.7 Å². The SMILES string of the molecule is O=S(=O)(O)c1ccc2c(c1)Oc1cc(S(=O)(=O)O)ccc1N2c1cc(-c2nc(-c3ccccc3)nc(-c3ccccc3)n2)cc(N2c3ccc(S(=O)(=O)O)cc3Oc3ccc(S(=O)(=O)O)cc32)c1N1c2ccc(S(=O)(=O)O)cc2Oc2cc(S(=O)(=O)O)ccc21. The third-order valence-electron chi connectivity index (χ3n) is 14.2. The van der Waals surface area contributed by atoms with Crippen LogP contribution in [0.5, 0.6) is 34.5 Å². The van der Waals surface area contributed by atoms with E-state index in [9.17, 15) is 77.8 Å². The highest BCUT2D eigenvalue weighted by molar-refractivity contribution is 7.87. The lowest BCUT2D eigenvalue weighted by atomic mass is 10.0. The van der Waals surface area contributed by atoms with Crippen LogP contribution in [0.1, 0.15) is 0 Å². The molecule has 6 N–H and O–H groups in total. The summed E-state index contributed by atoms with van der Waals surface area (Å²) in [5, 5.41) is 0. The molecular formula is C57H36N6O21S6. The smallest absolute Gasteiger partial charge is 0.294 e. The van der Waals surface area contributed by atoms with Gasteiger partial charge in [0.15, 0.2) is 52.0 Å². The van der Waals surface area contributed by atoms with Gasteiger partial charge in [-0.2, -0.15) is 50.5 Å². The van der Waals surface area contributed by atoms with Gasteiger partial charge in [-0.1, -0.05) is 60.7 Å². The number of hydrogen-bond acceptors (Lipinski definition) is 21. The molecular weight excluding hydrogens is 1300 g/mol. The molecule has 0 spiro atoms. The van der Waals surface area contributed by atoms with E-state index >= 15 is 0 Å². The highest BCUT2D eigenvalue weighted by Gasteiger charge is 2.41. The Morgan fingerprint density at radius 2 is 0.522 bits per heavy atom. The zero-order chi connectivity index (χ0) is 63.8. The summed E-state index contributed by atoms with van der Waals surface area (Å²) in [6, 6.07) is 38.1. The first kappa shape index (κ1) is 59.2.